The first kappa shape index (κ1) is 17.6. The lowest BCUT2D eigenvalue weighted by Crippen LogP contribution is -2.18. The Kier molecular flexibility index (Phi) is 6.14. The van der Waals surface area contributed by atoms with Crippen molar-refractivity contribution in [2.45, 2.75) is 13.0 Å². The molecule has 0 spiro atoms. The first-order chi connectivity index (χ1) is 12.2. The third kappa shape index (κ3) is 4.87. The minimum atomic E-state index is 0.152. The van der Waals surface area contributed by atoms with Crippen molar-refractivity contribution >= 4 is 44.9 Å². The van der Waals surface area contributed by atoms with E-state index in [0.29, 0.717) is 23.0 Å². The minimum Gasteiger partial charge on any atom is -0.367 e. The van der Waals surface area contributed by atoms with Gasteiger partial charge in [-0.25, -0.2) is 0 Å². The highest BCUT2D eigenvalue weighted by Crippen LogP contribution is 2.20. The molecule has 1 N–H and O–H groups in total. The Labute approximate surface area is 156 Å². The largest absolute Gasteiger partial charge is 0.367 e. The van der Waals surface area contributed by atoms with Crippen LogP contribution in [0.15, 0.2) is 67.0 Å². The highest BCUT2D eigenvalue weighted by atomic mass is 32.2. The van der Waals surface area contributed by atoms with Crippen LogP contribution in [0.25, 0.3) is 10.8 Å². The Balaban J connectivity index is 1.50. The number of Topliss-reactive ketones (excluding diaryl/α,β-unsaturated/α-hetero) is 1. The SMILES string of the molecule is O=C(CCSC(=S)NCc1cccnc1)c1cccc2ccccc12. The first-order valence-electron chi connectivity index (χ1n) is 8.04. The summed E-state index contributed by atoms with van der Waals surface area (Å²) >= 11 is 6.82. The maximum atomic E-state index is 12.5. The molecule has 0 aliphatic carbocycles. The van der Waals surface area contributed by atoms with Gasteiger partial charge in [0.25, 0.3) is 0 Å². The molecule has 0 fully saturated rings. The molecule has 0 bridgehead atoms. The first-order valence-corrected chi connectivity index (χ1v) is 9.44. The summed E-state index contributed by atoms with van der Waals surface area (Å²) in [5.74, 6) is 0.820. The highest BCUT2D eigenvalue weighted by Gasteiger charge is 2.10. The smallest absolute Gasteiger partial charge is 0.164 e. The summed E-state index contributed by atoms with van der Waals surface area (Å²) in [6.45, 7) is 0.650. The monoisotopic (exact) mass is 366 g/mol. The van der Waals surface area contributed by atoms with Gasteiger partial charge >= 0.3 is 0 Å². The van der Waals surface area contributed by atoms with Crippen LogP contribution < -0.4 is 5.32 Å². The molecule has 0 radical (unpaired) electrons. The number of nitrogens with one attached hydrogen (secondary N) is 1. The number of aromatic nitrogens is 1. The number of benzene rings is 2. The molecule has 0 unspecified atom stereocenters. The molecule has 0 saturated heterocycles. The minimum absolute atomic E-state index is 0.152. The van der Waals surface area contributed by atoms with Crippen LogP contribution >= 0.6 is 24.0 Å². The van der Waals surface area contributed by atoms with Crippen molar-refractivity contribution in [2.75, 3.05) is 5.75 Å². The summed E-state index contributed by atoms with van der Waals surface area (Å²) in [4.78, 5) is 16.6. The molecule has 126 valence electrons. The lowest BCUT2D eigenvalue weighted by atomic mass is 10.0. The Bertz CT molecular complexity index is 876. The van der Waals surface area contributed by atoms with E-state index in [9.17, 15) is 4.79 Å². The number of fused-ring (bicyclic) bond motifs is 1. The predicted octanol–water partition coefficient (Wildman–Crippen LogP) is 4.62. The highest BCUT2D eigenvalue weighted by molar-refractivity contribution is 8.22. The van der Waals surface area contributed by atoms with E-state index >= 15 is 0 Å². The molecule has 0 atom stereocenters. The van der Waals surface area contributed by atoms with Gasteiger partial charge in [-0.1, -0.05) is 72.5 Å². The topological polar surface area (TPSA) is 42.0 Å². The van der Waals surface area contributed by atoms with Crippen molar-refractivity contribution < 1.29 is 4.79 Å². The zero-order valence-electron chi connectivity index (χ0n) is 13.6. The number of pyridine rings is 1. The van der Waals surface area contributed by atoms with E-state index < -0.39 is 0 Å². The molecule has 1 aromatic heterocycles. The predicted molar refractivity (Wildman–Crippen MR) is 109 cm³/mol. The quantitative estimate of drug-likeness (QED) is 0.509. The summed E-state index contributed by atoms with van der Waals surface area (Å²) < 4.78 is 0.703. The van der Waals surface area contributed by atoms with E-state index in [1.54, 1.807) is 6.20 Å². The van der Waals surface area contributed by atoms with Crippen LogP contribution in [0.4, 0.5) is 0 Å². The van der Waals surface area contributed by atoms with Crippen molar-refractivity contribution in [1.29, 1.82) is 0 Å². The number of carbonyl (C=O) groups is 1. The number of thiocarbonyl (C=S) groups is 1. The Morgan fingerprint density at radius 3 is 2.76 bits per heavy atom. The van der Waals surface area contributed by atoms with Crippen molar-refractivity contribution in [1.82, 2.24) is 10.3 Å². The fraction of sp³-hybridized carbons (Fsp3) is 0.150. The zero-order chi connectivity index (χ0) is 17.5. The van der Waals surface area contributed by atoms with Gasteiger partial charge in [-0.2, -0.15) is 0 Å². The van der Waals surface area contributed by atoms with Crippen molar-refractivity contribution in [3.05, 3.63) is 78.1 Å². The van der Waals surface area contributed by atoms with Gasteiger partial charge in [0.2, 0.25) is 0 Å². The van der Waals surface area contributed by atoms with Gasteiger partial charge in [0.15, 0.2) is 5.78 Å². The van der Waals surface area contributed by atoms with Crippen molar-refractivity contribution in [3.63, 3.8) is 0 Å². The number of ketones is 1. The van der Waals surface area contributed by atoms with E-state index in [1.165, 1.54) is 11.8 Å². The van der Waals surface area contributed by atoms with Gasteiger partial charge in [-0.3, -0.25) is 9.78 Å². The average Bonchev–Trinajstić information content (AvgIpc) is 2.66. The van der Waals surface area contributed by atoms with Crippen LogP contribution in [-0.4, -0.2) is 20.8 Å². The van der Waals surface area contributed by atoms with Gasteiger partial charge in [-0.05, 0) is 22.4 Å². The molecular weight excluding hydrogens is 348 g/mol. The second-order valence-electron chi connectivity index (χ2n) is 5.55. The van der Waals surface area contributed by atoms with E-state index in [0.717, 1.165) is 21.9 Å². The van der Waals surface area contributed by atoms with Crippen LogP contribution in [-0.2, 0) is 6.54 Å². The Hall–Kier alpha value is -2.24. The maximum absolute atomic E-state index is 12.5. The molecule has 1 heterocycles. The summed E-state index contributed by atoms with van der Waals surface area (Å²) in [6, 6.07) is 17.7. The summed E-state index contributed by atoms with van der Waals surface area (Å²) in [5, 5.41) is 5.29. The number of hydrogen-bond acceptors (Lipinski definition) is 4. The van der Waals surface area contributed by atoms with Crippen LogP contribution in [0.1, 0.15) is 22.3 Å². The fourth-order valence-corrected chi connectivity index (χ4v) is 3.54. The molecule has 0 aliphatic heterocycles. The summed E-state index contributed by atoms with van der Waals surface area (Å²) in [7, 11) is 0. The third-order valence-corrected chi connectivity index (χ3v) is 5.12. The number of carbonyl (C=O) groups excluding carboxylic acids is 1. The lowest BCUT2D eigenvalue weighted by Gasteiger charge is -2.08. The van der Waals surface area contributed by atoms with Gasteiger partial charge < -0.3 is 5.32 Å². The maximum Gasteiger partial charge on any atom is 0.164 e. The van der Waals surface area contributed by atoms with Crippen molar-refractivity contribution in [3.8, 4) is 0 Å². The van der Waals surface area contributed by atoms with E-state index in [4.69, 9.17) is 12.2 Å². The molecular formula is C20H18N2OS2. The Morgan fingerprint density at radius 2 is 1.92 bits per heavy atom. The van der Waals surface area contributed by atoms with Crippen molar-refractivity contribution in [2.24, 2.45) is 0 Å². The van der Waals surface area contributed by atoms with Gasteiger partial charge in [0.05, 0.1) is 0 Å². The standard InChI is InChI=1S/C20H18N2OS2/c23-19(18-9-3-7-16-6-1-2-8-17(16)18)10-12-25-20(24)22-14-15-5-4-11-21-13-15/h1-9,11,13H,10,12,14H2,(H,22,24). The second-order valence-corrected chi connectivity index (χ2v) is 7.32. The number of thioether (sulfide) groups is 1. The van der Waals surface area contributed by atoms with Crippen LogP contribution in [0, 0.1) is 0 Å². The average molecular weight is 367 g/mol. The molecule has 3 aromatic rings. The molecule has 5 heteroatoms. The van der Waals surface area contributed by atoms with E-state index in [-0.39, 0.29) is 5.78 Å². The van der Waals surface area contributed by atoms with Crippen LogP contribution in [0.3, 0.4) is 0 Å². The number of rotatable bonds is 6. The van der Waals surface area contributed by atoms with E-state index in [2.05, 4.69) is 10.3 Å². The third-order valence-electron chi connectivity index (χ3n) is 3.81. The summed E-state index contributed by atoms with van der Waals surface area (Å²) in [5.41, 5.74) is 1.87. The number of hydrogen-bond donors (Lipinski definition) is 1. The fourth-order valence-electron chi connectivity index (χ4n) is 2.57. The molecule has 3 rings (SSSR count). The van der Waals surface area contributed by atoms with E-state index in [1.807, 2.05) is 60.8 Å². The van der Waals surface area contributed by atoms with Gasteiger partial charge in [0, 0.05) is 36.7 Å². The molecule has 0 amide bonds. The molecule has 25 heavy (non-hydrogen) atoms. The van der Waals surface area contributed by atoms with Crippen LogP contribution in [0.2, 0.25) is 0 Å². The number of nitrogens with zero attached hydrogens (tertiary/aromatic N) is 1. The second kappa shape index (κ2) is 8.74. The molecule has 0 saturated carbocycles. The Morgan fingerprint density at radius 1 is 1.08 bits per heavy atom. The molecule has 3 nitrogen and oxygen atoms in total. The summed E-state index contributed by atoms with van der Waals surface area (Å²) in [6.07, 6.45) is 4.02. The molecule has 0 aliphatic rings. The normalized spacial score (nSPS) is 10.6. The zero-order valence-corrected chi connectivity index (χ0v) is 15.3. The van der Waals surface area contributed by atoms with Gasteiger partial charge in [0.1, 0.15) is 4.32 Å². The van der Waals surface area contributed by atoms with Crippen LogP contribution in [0.5, 0.6) is 0 Å². The molecule has 2 aromatic carbocycles. The lowest BCUT2D eigenvalue weighted by molar-refractivity contribution is 0.0991. The van der Waals surface area contributed by atoms with Gasteiger partial charge in [-0.15, -0.1) is 0 Å².